The van der Waals surface area contributed by atoms with E-state index in [0.717, 1.165) is 5.56 Å². The summed E-state index contributed by atoms with van der Waals surface area (Å²) in [4.78, 5) is 34.2. The first-order valence-electron chi connectivity index (χ1n) is 10.3. The van der Waals surface area contributed by atoms with Crippen LogP contribution in [-0.2, 0) is 11.2 Å². The second-order valence-corrected chi connectivity index (χ2v) is 7.55. The average Bonchev–Trinajstić information content (AvgIpc) is 2.81. The lowest BCUT2D eigenvalue weighted by molar-refractivity contribution is -0.121. The number of nitrogens with one attached hydrogen (secondary N) is 1. The van der Waals surface area contributed by atoms with Crippen LogP contribution in [0.4, 0.5) is 0 Å². The van der Waals surface area contributed by atoms with E-state index in [0.29, 0.717) is 17.6 Å². The van der Waals surface area contributed by atoms with Crippen LogP contribution in [0.15, 0.2) is 71.9 Å². The van der Waals surface area contributed by atoms with Crippen molar-refractivity contribution >= 4 is 11.6 Å². The Morgan fingerprint density at radius 2 is 1.91 bits per heavy atom. The lowest BCUT2D eigenvalue weighted by Crippen LogP contribution is -2.30. The summed E-state index contributed by atoms with van der Waals surface area (Å²) in [5.41, 5.74) is 1.20. The molecule has 4 rings (SSSR count). The van der Waals surface area contributed by atoms with Gasteiger partial charge in [-0.2, -0.15) is 4.98 Å². The zero-order valence-corrected chi connectivity index (χ0v) is 17.5. The Morgan fingerprint density at radius 3 is 2.67 bits per heavy atom. The molecule has 0 saturated carbocycles. The number of phenolic OH excluding ortho intramolecular Hbond substituents is 2. The van der Waals surface area contributed by atoms with E-state index in [2.05, 4.69) is 15.3 Å². The summed E-state index contributed by atoms with van der Waals surface area (Å²) < 4.78 is 1.33. The number of aromatic nitrogens is 3. The second kappa shape index (κ2) is 9.39. The summed E-state index contributed by atoms with van der Waals surface area (Å²) in [7, 11) is 0. The van der Waals surface area contributed by atoms with Crippen LogP contribution in [0.25, 0.3) is 5.65 Å². The number of benzene rings is 1. The number of fused-ring (bicyclic) bond motifs is 1. The van der Waals surface area contributed by atoms with Crippen molar-refractivity contribution in [2.24, 2.45) is 0 Å². The van der Waals surface area contributed by atoms with Crippen molar-refractivity contribution in [3.63, 3.8) is 0 Å². The summed E-state index contributed by atoms with van der Waals surface area (Å²) in [6.45, 7) is 0.281. The molecule has 0 radical (unpaired) electrons. The molecular formula is C24H22N4O5. The molecule has 1 atom stereocenters. The largest absolute Gasteiger partial charge is 0.504 e. The number of hydrogen-bond acceptors (Lipinski definition) is 7. The number of rotatable bonds is 7. The van der Waals surface area contributed by atoms with Crippen LogP contribution in [0.1, 0.15) is 29.0 Å². The molecule has 1 aromatic carbocycles. The monoisotopic (exact) mass is 446 g/mol. The Morgan fingerprint density at radius 1 is 1.06 bits per heavy atom. The van der Waals surface area contributed by atoms with Crippen molar-refractivity contribution in [2.75, 3.05) is 6.54 Å². The van der Waals surface area contributed by atoms with E-state index >= 15 is 0 Å². The fraction of sp³-hybridized carbons (Fsp3) is 0.167. The molecule has 1 amide bonds. The fourth-order valence-electron chi connectivity index (χ4n) is 3.69. The number of carbonyl (C=O) groups is 1. The minimum atomic E-state index is -0.756. The maximum Gasteiger partial charge on any atom is 0.265 e. The zero-order chi connectivity index (χ0) is 23.4. The highest BCUT2D eigenvalue weighted by Gasteiger charge is 2.26. The number of amides is 1. The minimum Gasteiger partial charge on any atom is -0.504 e. The number of nitrogens with zero attached hydrogens (tertiary/aromatic N) is 3. The van der Waals surface area contributed by atoms with Crippen LogP contribution >= 0.6 is 0 Å². The van der Waals surface area contributed by atoms with Gasteiger partial charge in [-0.25, -0.2) is 0 Å². The molecule has 3 aromatic heterocycles. The lowest BCUT2D eigenvalue weighted by atomic mass is 9.90. The predicted octanol–water partition coefficient (Wildman–Crippen LogP) is 2.09. The van der Waals surface area contributed by atoms with E-state index in [1.165, 1.54) is 16.5 Å². The third kappa shape index (κ3) is 4.77. The number of aromatic hydroxyl groups is 3. The van der Waals surface area contributed by atoms with E-state index in [1.807, 2.05) is 0 Å². The molecule has 0 aliphatic heterocycles. The topological polar surface area (TPSA) is 137 Å². The molecule has 0 aliphatic rings. The van der Waals surface area contributed by atoms with Crippen LogP contribution in [0.3, 0.4) is 0 Å². The first-order chi connectivity index (χ1) is 15.9. The number of hydrogen-bond donors (Lipinski definition) is 4. The average molecular weight is 446 g/mol. The molecule has 0 aliphatic carbocycles. The molecule has 9 heteroatoms. The summed E-state index contributed by atoms with van der Waals surface area (Å²) in [5, 5.41) is 32.4. The van der Waals surface area contributed by atoms with Crippen molar-refractivity contribution in [3.8, 4) is 17.4 Å². The number of pyridine rings is 2. The van der Waals surface area contributed by atoms with Gasteiger partial charge in [0.2, 0.25) is 11.8 Å². The molecule has 0 bridgehead atoms. The Hall–Kier alpha value is -4.40. The van der Waals surface area contributed by atoms with Crippen LogP contribution in [0.2, 0.25) is 0 Å². The molecule has 33 heavy (non-hydrogen) atoms. The second-order valence-electron chi connectivity index (χ2n) is 7.55. The highest BCUT2D eigenvalue weighted by Crippen LogP contribution is 2.30. The van der Waals surface area contributed by atoms with Crippen molar-refractivity contribution in [3.05, 3.63) is 94.2 Å². The summed E-state index contributed by atoms with van der Waals surface area (Å²) in [6.07, 6.45) is 5.02. The highest BCUT2D eigenvalue weighted by atomic mass is 16.3. The minimum absolute atomic E-state index is 0.0188. The summed E-state index contributed by atoms with van der Waals surface area (Å²) in [5.74, 6) is -1.95. The molecule has 3 heterocycles. The van der Waals surface area contributed by atoms with Gasteiger partial charge >= 0.3 is 0 Å². The third-order valence-corrected chi connectivity index (χ3v) is 5.35. The van der Waals surface area contributed by atoms with Crippen molar-refractivity contribution in [2.45, 2.75) is 18.8 Å². The van der Waals surface area contributed by atoms with Gasteiger partial charge in [0.25, 0.3) is 5.56 Å². The molecule has 0 spiro atoms. The first kappa shape index (κ1) is 21.8. The van der Waals surface area contributed by atoms with Gasteiger partial charge in [-0.15, -0.1) is 0 Å². The maximum absolute atomic E-state index is 13.2. The summed E-state index contributed by atoms with van der Waals surface area (Å²) >= 11 is 0. The fourth-order valence-corrected chi connectivity index (χ4v) is 3.69. The first-order valence-corrected chi connectivity index (χ1v) is 10.3. The van der Waals surface area contributed by atoms with Crippen LogP contribution in [-0.4, -0.2) is 42.1 Å². The van der Waals surface area contributed by atoms with Crippen molar-refractivity contribution in [1.29, 1.82) is 0 Å². The normalized spacial score (nSPS) is 11.9. The lowest BCUT2D eigenvalue weighted by Gasteiger charge is -2.18. The molecule has 4 aromatic rings. The van der Waals surface area contributed by atoms with Crippen LogP contribution in [0, 0.1) is 0 Å². The van der Waals surface area contributed by atoms with Gasteiger partial charge in [0, 0.05) is 37.5 Å². The Labute approximate surface area is 188 Å². The maximum atomic E-state index is 13.2. The quantitative estimate of drug-likeness (QED) is 0.319. The van der Waals surface area contributed by atoms with Gasteiger partial charge in [0.15, 0.2) is 11.5 Å². The van der Waals surface area contributed by atoms with E-state index in [4.69, 9.17) is 0 Å². The highest BCUT2D eigenvalue weighted by molar-refractivity contribution is 5.77. The van der Waals surface area contributed by atoms with Gasteiger partial charge in [0.05, 0.1) is 5.56 Å². The van der Waals surface area contributed by atoms with Crippen LogP contribution in [0.5, 0.6) is 17.4 Å². The van der Waals surface area contributed by atoms with Crippen LogP contribution < -0.4 is 10.9 Å². The SMILES string of the molecule is O=C(CC(c1cccnc1)c1c(O)nc2ccccn2c1=O)NCCc1ccc(O)c(O)c1. The van der Waals surface area contributed by atoms with E-state index in [9.17, 15) is 24.9 Å². The van der Waals surface area contributed by atoms with E-state index in [-0.39, 0.29) is 35.9 Å². The molecule has 0 saturated heterocycles. The van der Waals surface area contributed by atoms with Crippen molar-refractivity contribution < 1.29 is 20.1 Å². The van der Waals surface area contributed by atoms with Gasteiger partial charge in [-0.1, -0.05) is 18.2 Å². The number of carbonyl (C=O) groups excluding carboxylic acids is 1. The van der Waals surface area contributed by atoms with Gasteiger partial charge in [-0.05, 0) is 47.9 Å². The van der Waals surface area contributed by atoms with Gasteiger partial charge in [0.1, 0.15) is 5.65 Å². The molecule has 0 fully saturated rings. The summed E-state index contributed by atoms with van der Waals surface area (Å²) in [6, 6.07) is 12.9. The van der Waals surface area contributed by atoms with Gasteiger partial charge < -0.3 is 20.6 Å². The molecular weight excluding hydrogens is 424 g/mol. The smallest absolute Gasteiger partial charge is 0.265 e. The molecule has 4 N–H and O–H groups in total. The van der Waals surface area contributed by atoms with E-state index in [1.54, 1.807) is 55.0 Å². The van der Waals surface area contributed by atoms with Gasteiger partial charge in [-0.3, -0.25) is 19.0 Å². The van der Waals surface area contributed by atoms with Crippen molar-refractivity contribution in [1.82, 2.24) is 19.7 Å². The standard InChI is InChI=1S/C24H22N4O5/c29-18-7-6-15(12-19(18)30)8-10-26-21(31)13-17(16-4-3-9-25-14-16)22-23(32)27-20-5-1-2-11-28(20)24(22)33/h1-7,9,11-12,14,17,29-30,32H,8,10,13H2,(H,26,31). The Balaban J connectivity index is 1.57. The molecule has 168 valence electrons. The Kier molecular flexibility index (Phi) is 6.21. The predicted molar refractivity (Wildman–Crippen MR) is 120 cm³/mol. The molecule has 9 nitrogen and oxygen atoms in total. The number of phenols is 2. The van der Waals surface area contributed by atoms with E-state index < -0.39 is 17.4 Å². The molecule has 1 unspecified atom stereocenters. The Bertz CT molecular complexity index is 1350. The third-order valence-electron chi connectivity index (χ3n) is 5.35. The zero-order valence-electron chi connectivity index (χ0n) is 17.5.